The summed E-state index contributed by atoms with van der Waals surface area (Å²) in [4.78, 5) is 14.3. The molecule has 1 amide bonds. The Morgan fingerprint density at radius 2 is 1.89 bits per heavy atom. The highest BCUT2D eigenvalue weighted by atomic mass is 35.5. The zero-order chi connectivity index (χ0) is 12.3. The summed E-state index contributed by atoms with van der Waals surface area (Å²) in [5.74, 6) is 0.672. The minimum absolute atomic E-state index is 0. The van der Waals surface area contributed by atoms with Gasteiger partial charge in [0.05, 0.1) is 5.54 Å². The fourth-order valence-electron chi connectivity index (χ4n) is 2.60. The first-order valence-corrected chi connectivity index (χ1v) is 6.44. The van der Waals surface area contributed by atoms with E-state index >= 15 is 0 Å². The fraction of sp³-hybridized carbons (Fsp3) is 0.769. The summed E-state index contributed by atoms with van der Waals surface area (Å²) in [7, 11) is 0. The van der Waals surface area contributed by atoms with Crippen LogP contribution in [0.25, 0.3) is 0 Å². The first-order valence-electron chi connectivity index (χ1n) is 6.44. The van der Waals surface area contributed by atoms with Crippen molar-refractivity contribution in [2.24, 2.45) is 11.7 Å². The van der Waals surface area contributed by atoms with E-state index in [1.54, 1.807) is 0 Å². The number of halogens is 1. The van der Waals surface area contributed by atoms with Gasteiger partial charge in [-0.2, -0.15) is 0 Å². The highest BCUT2D eigenvalue weighted by molar-refractivity contribution is 5.86. The number of hydrogen-bond donors (Lipinski definition) is 1. The number of piperidine rings is 1. The Bertz CT molecular complexity index is 295. The van der Waals surface area contributed by atoms with Gasteiger partial charge < -0.3 is 15.4 Å². The molecule has 2 N–H and O–H groups in total. The van der Waals surface area contributed by atoms with E-state index in [2.05, 4.69) is 6.58 Å². The summed E-state index contributed by atoms with van der Waals surface area (Å²) in [6.07, 6.45) is 5.32. The summed E-state index contributed by atoms with van der Waals surface area (Å²) < 4.78 is 5.27. The molecule has 0 atom stereocenters. The molecule has 5 heteroatoms. The van der Waals surface area contributed by atoms with Crippen LogP contribution in [-0.4, -0.2) is 42.6 Å². The van der Waals surface area contributed by atoms with Crippen LogP contribution in [0.3, 0.4) is 0 Å². The van der Waals surface area contributed by atoms with E-state index in [4.69, 9.17) is 10.5 Å². The number of ether oxygens (including phenoxy) is 1. The number of nitrogens with zero attached hydrogens (tertiary/aromatic N) is 1. The SMILES string of the molecule is C=CC1CCN(C(=O)C2(N)CCOCC2)CC1.Cl. The average Bonchev–Trinajstić information content (AvgIpc) is 2.39. The minimum Gasteiger partial charge on any atom is -0.381 e. The number of amides is 1. The monoisotopic (exact) mass is 274 g/mol. The topological polar surface area (TPSA) is 55.6 Å². The van der Waals surface area contributed by atoms with E-state index in [1.807, 2.05) is 11.0 Å². The Kier molecular flexibility index (Phi) is 5.63. The van der Waals surface area contributed by atoms with Crippen molar-refractivity contribution >= 4 is 18.3 Å². The number of carbonyl (C=O) groups is 1. The van der Waals surface area contributed by atoms with Gasteiger partial charge in [0.15, 0.2) is 0 Å². The number of nitrogens with two attached hydrogens (primary N) is 1. The molecule has 2 aliphatic heterocycles. The molecule has 0 saturated carbocycles. The van der Waals surface area contributed by atoms with E-state index in [0.29, 0.717) is 32.0 Å². The molecule has 2 aliphatic rings. The largest absolute Gasteiger partial charge is 0.381 e. The zero-order valence-corrected chi connectivity index (χ0v) is 11.6. The molecule has 2 fully saturated rings. The lowest BCUT2D eigenvalue weighted by atomic mass is 9.88. The van der Waals surface area contributed by atoms with Gasteiger partial charge in [-0.3, -0.25) is 4.79 Å². The Morgan fingerprint density at radius 1 is 1.33 bits per heavy atom. The molecule has 0 aliphatic carbocycles. The predicted molar refractivity (Wildman–Crippen MR) is 73.7 cm³/mol. The number of carbonyl (C=O) groups excluding carboxylic acids is 1. The van der Waals surface area contributed by atoms with E-state index < -0.39 is 5.54 Å². The second-order valence-electron chi connectivity index (χ2n) is 5.13. The van der Waals surface area contributed by atoms with Gasteiger partial charge in [0.2, 0.25) is 5.91 Å². The lowest BCUT2D eigenvalue weighted by Crippen LogP contribution is -2.59. The Balaban J connectivity index is 0.00000162. The van der Waals surface area contributed by atoms with Gasteiger partial charge >= 0.3 is 0 Å². The predicted octanol–water partition coefficient (Wildman–Crippen LogP) is 1.34. The number of likely N-dealkylation sites (tertiary alicyclic amines) is 1. The van der Waals surface area contributed by atoms with Crippen LogP contribution in [0.15, 0.2) is 12.7 Å². The molecule has 0 unspecified atom stereocenters. The van der Waals surface area contributed by atoms with E-state index in [9.17, 15) is 4.79 Å². The molecule has 0 radical (unpaired) electrons. The van der Waals surface area contributed by atoms with Crippen molar-refractivity contribution in [2.45, 2.75) is 31.2 Å². The van der Waals surface area contributed by atoms with Gasteiger partial charge in [0.1, 0.15) is 0 Å². The first-order chi connectivity index (χ1) is 8.15. The molecule has 104 valence electrons. The van der Waals surface area contributed by atoms with Crippen molar-refractivity contribution < 1.29 is 9.53 Å². The molecule has 2 saturated heterocycles. The van der Waals surface area contributed by atoms with Crippen LogP contribution in [0.5, 0.6) is 0 Å². The number of rotatable bonds is 2. The third kappa shape index (κ3) is 3.25. The Morgan fingerprint density at radius 3 is 2.39 bits per heavy atom. The summed E-state index contributed by atoms with van der Waals surface area (Å²) in [6.45, 7) is 6.65. The van der Waals surface area contributed by atoms with Crippen LogP contribution in [0.1, 0.15) is 25.7 Å². The smallest absolute Gasteiger partial charge is 0.242 e. The summed E-state index contributed by atoms with van der Waals surface area (Å²) in [5, 5.41) is 0. The third-order valence-electron chi connectivity index (χ3n) is 3.97. The van der Waals surface area contributed by atoms with Crippen molar-refractivity contribution in [3.8, 4) is 0 Å². The maximum Gasteiger partial charge on any atom is 0.242 e. The molecule has 2 heterocycles. The van der Waals surface area contributed by atoms with Crippen molar-refractivity contribution in [2.75, 3.05) is 26.3 Å². The van der Waals surface area contributed by atoms with Crippen molar-refractivity contribution in [3.63, 3.8) is 0 Å². The number of allylic oxidation sites excluding steroid dienone is 1. The Labute approximate surface area is 115 Å². The second-order valence-corrected chi connectivity index (χ2v) is 5.13. The minimum atomic E-state index is -0.681. The highest BCUT2D eigenvalue weighted by Crippen LogP contribution is 2.24. The molecule has 0 spiro atoms. The van der Waals surface area contributed by atoms with Gasteiger partial charge in [0, 0.05) is 26.3 Å². The average molecular weight is 275 g/mol. The quantitative estimate of drug-likeness (QED) is 0.773. The van der Waals surface area contributed by atoms with Crippen LogP contribution >= 0.6 is 12.4 Å². The normalized spacial score (nSPS) is 24.2. The van der Waals surface area contributed by atoms with E-state index in [-0.39, 0.29) is 18.3 Å². The molecule has 4 nitrogen and oxygen atoms in total. The zero-order valence-electron chi connectivity index (χ0n) is 10.8. The van der Waals surface area contributed by atoms with E-state index in [1.165, 1.54) is 0 Å². The van der Waals surface area contributed by atoms with Crippen LogP contribution in [0, 0.1) is 5.92 Å². The van der Waals surface area contributed by atoms with E-state index in [0.717, 1.165) is 25.9 Å². The molecular formula is C13H23ClN2O2. The first kappa shape index (κ1) is 15.5. The third-order valence-corrected chi connectivity index (χ3v) is 3.97. The second kappa shape index (κ2) is 6.55. The molecule has 0 aromatic carbocycles. The van der Waals surface area contributed by atoms with Gasteiger partial charge in [0.25, 0.3) is 0 Å². The lowest BCUT2D eigenvalue weighted by Gasteiger charge is -2.39. The molecule has 18 heavy (non-hydrogen) atoms. The molecular weight excluding hydrogens is 252 g/mol. The van der Waals surface area contributed by atoms with Gasteiger partial charge in [-0.25, -0.2) is 0 Å². The van der Waals surface area contributed by atoms with Gasteiger partial charge in [-0.1, -0.05) is 6.08 Å². The molecule has 0 bridgehead atoms. The highest BCUT2D eigenvalue weighted by Gasteiger charge is 2.39. The van der Waals surface area contributed by atoms with Crippen LogP contribution < -0.4 is 5.73 Å². The maximum absolute atomic E-state index is 12.4. The lowest BCUT2D eigenvalue weighted by molar-refractivity contribution is -0.141. The molecule has 0 aromatic rings. The molecule has 2 rings (SSSR count). The Hall–Kier alpha value is -0.580. The van der Waals surface area contributed by atoms with Crippen molar-refractivity contribution in [1.82, 2.24) is 4.90 Å². The summed E-state index contributed by atoms with van der Waals surface area (Å²) >= 11 is 0. The summed E-state index contributed by atoms with van der Waals surface area (Å²) in [6, 6.07) is 0. The number of hydrogen-bond acceptors (Lipinski definition) is 3. The van der Waals surface area contributed by atoms with Crippen molar-refractivity contribution in [3.05, 3.63) is 12.7 Å². The van der Waals surface area contributed by atoms with Crippen LogP contribution in [0.2, 0.25) is 0 Å². The van der Waals surface area contributed by atoms with Crippen molar-refractivity contribution in [1.29, 1.82) is 0 Å². The fourth-order valence-corrected chi connectivity index (χ4v) is 2.60. The standard InChI is InChI=1S/C13H22N2O2.ClH/c1-2-11-3-7-15(8-4-11)12(16)13(14)5-9-17-10-6-13;/h2,11H,1,3-10,14H2;1H. The molecule has 0 aromatic heterocycles. The van der Waals surface area contributed by atoms with Gasteiger partial charge in [-0.15, -0.1) is 19.0 Å². The van der Waals surface area contributed by atoms with Crippen LogP contribution in [0.4, 0.5) is 0 Å². The maximum atomic E-state index is 12.4. The summed E-state index contributed by atoms with van der Waals surface area (Å²) in [5.41, 5.74) is 5.53. The van der Waals surface area contributed by atoms with Crippen LogP contribution in [-0.2, 0) is 9.53 Å². The van der Waals surface area contributed by atoms with Gasteiger partial charge in [-0.05, 0) is 31.6 Å².